The van der Waals surface area contributed by atoms with E-state index in [-0.39, 0.29) is 17.3 Å². The molecule has 0 aliphatic rings. The van der Waals surface area contributed by atoms with Gasteiger partial charge in [-0.25, -0.2) is 4.98 Å². The van der Waals surface area contributed by atoms with Crippen LogP contribution in [0.1, 0.15) is 26.6 Å². The van der Waals surface area contributed by atoms with Gasteiger partial charge < -0.3 is 9.30 Å². The molecule has 0 aromatic carbocycles. The Morgan fingerprint density at radius 3 is 2.71 bits per heavy atom. The maximum absolute atomic E-state index is 11.5. The number of hydrogen-bond acceptors (Lipinski definition) is 4. The lowest BCUT2D eigenvalue weighted by Gasteiger charge is -2.16. The van der Waals surface area contributed by atoms with Crippen LogP contribution in [0.3, 0.4) is 0 Å². The molecule has 0 amide bonds. The number of imidazole rings is 1. The number of carbonyl (C=O) groups is 1. The van der Waals surface area contributed by atoms with Crippen LogP contribution in [-0.4, -0.2) is 26.0 Å². The maximum atomic E-state index is 11.5. The van der Waals surface area contributed by atoms with Gasteiger partial charge in [0.05, 0.1) is 11.9 Å². The number of ether oxygens (including phenoxy) is 1. The highest BCUT2D eigenvalue weighted by Gasteiger charge is 2.15. The summed E-state index contributed by atoms with van der Waals surface area (Å²) in [7, 11) is 1.78. The van der Waals surface area contributed by atoms with Crippen molar-refractivity contribution in [1.29, 1.82) is 0 Å². The summed E-state index contributed by atoms with van der Waals surface area (Å²) < 4.78 is 6.86. The number of esters is 1. The predicted molar refractivity (Wildman–Crippen MR) is 70.2 cm³/mol. The molecule has 0 aliphatic heterocycles. The minimum atomic E-state index is -0.232. The summed E-state index contributed by atoms with van der Waals surface area (Å²) in [5.74, 6) is 0.759. The maximum Gasteiger partial charge on any atom is 0.316 e. The molecular formula is C11H17ClN2O2S. The van der Waals surface area contributed by atoms with Crippen molar-refractivity contribution in [2.45, 2.75) is 32.1 Å². The van der Waals surface area contributed by atoms with Crippen LogP contribution in [-0.2, 0) is 23.2 Å². The van der Waals surface area contributed by atoms with Crippen molar-refractivity contribution in [3.05, 3.63) is 17.2 Å². The van der Waals surface area contributed by atoms with Crippen molar-refractivity contribution in [2.24, 2.45) is 7.05 Å². The lowest BCUT2D eigenvalue weighted by Crippen LogP contribution is -2.15. The van der Waals surface area contributed by atoms with Gasteiger partial charge in [0.15, 0.2) is 0 Å². The Kier molecular flexibility index (Phi) is 4.89. The second kappa shape index (κ2) is 5.78. The predicted octanol–water partition coefficient (Wildman–Crippen LogP) is 2.65. The molecule has 1 aromatic rings. The van der Waals surface area contributed by atoms with Crippen LogP contribution in [0.25, 0.3) is 0 Å². The summed E-state index contributed by atoms with van der Waals surface area (Å²) >= 11 is 7.38. The molecular weight excluding hydrogens is 260 g/mol. The molecule has 0 spiro atoms. The van der Waals surface area contributed by atoms with E-state index in [1.165, 1.54) is 6.20 Å². The molecule has 0 N–H and O–H groups in total. The third-order valence-electron chi connectivity index (χ3n) is 2.01. The van der Waals surface area contributed by atoms with Crippen molar-refractivity contribution < 1.29 is 9.53 Å². The van der Waals surface area contributed by atoms with Gasteiger partial charge in [-0.2, -0.15) is 0 Å². The van der Waals surface area contributed by atoms with Crippen LogP contribution in [0.4, 0.5) is 0 Å². The summed E-state index contributed by atoms with van der Waals surface area (Å²) in [6, 6.07) is 0. The van der Waals surface area contributed by atoms with Crippen LogP contribution in [0.15, 0.2) is 6.20 Å². The standard InChI is InChI=1S/C11H17ClN2O2S/c1-11(2,3)17-7-10(15)16-6-9-13-5-8(12)14(9)4/h5H,6-7H2,1-4H3. The van der Waals surface area contributed by atoms with Gasteiger partial charge in [0, 0.05) is 11.8 Å². The minimum Gasteiger partial charge on any atom is -0.457 e. The number of halogens is 1. The van der Waals surface area contributed by atoms with Gasteiger partial charge in [0.25, 0.3) is 0 Å². The molecule has 0 fully saturated rings. The van der Waals surface area contributed by atoms with E-state index in [1.54, 1.807) is 23.4 Å². The average molecular weight is 277 g/mol. The van der Waals surface area contributed by atoms with Gasteiger partial charge in [0.1, 0.15) is 17.6 Å². The average Bonchev–Trinajstić information content (AvgIpc) is 2.53. The van der Waals surface area contributed by atoms with E-state index in [0.717, 1.165) is 0 Å². The number of nitrogens with zero attached hydrogens (tertiary/aromatic N) is 2. The highest BCUT2D eigenvalue weighted by atomic mass is 35.5. The van der Waals surface area contributed by atoms with E-state index in [1.807, 2.05) is 0 Å². The number of aromatic nitrogens is 2. The lowest BCUT2D eigenvalue weighted by molar-refractivity contribution is -0.142. The zero-order valence-corrected chi connectivity index (χ0v) is 12.1. The smallest absolute Gasteiger partial charge is 0.316 e. The van der Waals surface area contributed by atoms with Crippen LogP contribution in [0.5, 0.6) is 0 Å². The van der Waals surface area contributed by atoms with Crippen molar-refractivity contribution in [3.63, 3.8) is 0 Å². The molecule has 1 aromatic heterocycles. The molecule has 4 nitrogen and oxygen atoms in total. The van der Waals surface area contributed by atoms with E-state index < -0.39 is 0 Å². The molecule has 1 heterocycles. The second-order valence-electron chi connectivity index (χ2n) is 4.62. The van der Waals surface area contributed by atoms with Crippen LogP contribution >= 0.6 is 23.4 Å². The third-order valence-corrected chi connectivity index (χ3v) is 3.61. The minimum absolute atomic E-state index is 0.0611. The Hall–Kier alpha value is -0.680. The van der Waals surface area contributed by atoms with E-state index in [4.69, 9.17) is 16.3 Å². The number of rotatable bonds is 4. The Morgan fingerprint density at radius 1 is 1.59 bits per heavy atom. The number of hydrogen-bond donors (Lipinski definition) is 0. The molecule has 0 atom stereocenters. The molecule has 0 saturated heterocycles. The van der Waals surface area contributed by atoms with Gasteiger partial charge in [-0.05, 0) is 0 Å². The lowest BCUT2D eigenvalue weighted by atomic mass is 10.3. The Morgan fingerprint density at radius 2 is 2.24 bits per heavy atom. The number of thioether (sulfide) groups is 1. The first kappa shape index (κ1) is 14.4. The van der Waals surface area contributed by atoms with Gasteiger partial charge in [-0.3, -0.25) is 4.79 Å². The van der Waals surface area contributed by atoms with E-state index in [9.17, 15) is 4.79 Å². The summed E-state index contributed by atoms with van der Waals surface area (Å²) in [5, 5.41) is 0.528. The first-order valence-corrected chi connectivity index (χ1v) is 6.61. The fourth-order valence-corrected chi connectivity index (χ4v) is 1.80. The molecule has 6 heteroatoms. The first-order valence-electron chi connectivity index (χ1n) is 5.25. The Bertz CT molecular complexity index is 399. The monoisotopic (exact) mass is 276 g/mol. The highest BCUT2D eigenvalue weighted by molar-refractivity contribution is 8.01. The van der Waals surface area contributed by atoms with Crippen molar-refractivity contribution in [1.82, 2.24) is 9.55 Å². The normalized spacial score (nSPS) is 11.6. The van der Waals surface area contributed by atoms with E-state index >= 15 is 0 Å². The summed E-state index contributed by atoms with van der Waals surface area (Å²) in [4.78, 5) is 15.5. The highest BCUT2D eigenvalue weighted by Crippen LogP contribution is 2.23. The fraction of sp³-hybridized carbons (Fsp3) is 0.636. The first-order chi connectivity index (χ1) is 7.79. The zero-order chi connectivity index (χ0) is 13.1. The topological polar surface area (TPSA) is 44.1 Å². The Balaban J connectivity index is 2.36. The van der Waals surface area contributed by atoms with Gasteiger partial charge >= 0.3 is 5.97 Å². The molecule has 17 heavy (non-hydrogen) atoms. The molecule has 0 radical (unpaired) electrons. The molecule has 96 valence electrons. The third kappa shape index (κ3) is 5.00. The van der Waals surface area contributed by atoms with Gasteiger partial charge in [-0.1, -0.05) is 32.4 Å². The molecule has 0 aliphatic carbocycles. The summed E-state index contributed by atoms with van der Waals surface area (Å²) in [6.07, 6.45) is 1.54. The Labute approximate surface area is 111 Å². The van der Waals surface area contributed by atoms with Gasteiger partial charge in [-0.15, -0.1) is 11.8 Å². The largest absolute Gasteiger partial charge is 0.457 e. The number of carbonyl (C=O) groups excluding carboxylic acids is 1. The zero-order valence-electron chi connectivity index (χ0n) is 10.5. The van der Waals surface area contributed by atoms with Gasteiger partial charge in [0.2, 0.25) is 0 Å². The van der Waals surface area contributed by atoms with Crippen molar-refractivity contribution >= 4 is 29.3 Å². The van der Waals surface area contributed by atoms with E-state index in [2.05, 4.69) is 25.8 Å². The van der Waals surface area contributed by atoms with E-state index in [0.29, 0.717) is 16.7 Å². The van der Waals surface area contributed by atoms with Crippen LogP contribution < -0.4 is 0 Å². The second-order valence-corrected chi connectivity index (χ2v) is 6.81. The summed E-state index contributed by atoms with van der Waals surface area (Å²) in [6.45, 7) is 6.34. The SMILES string of the molecule is Cn1c(Cl)cnc1COC(=O)CSC(C)(C)C. The molecule has 1 rings (SSSR count). The fourth-order valence-electron chi connectivity index (χ4n) is 1.02. The molecule has 0 unspecified atom stereocenters. The molecule has 0 bridgehead atoms. The summed E-state index contributed by atoms with van der Waals surface area (Å²) in [5.41, 5.74) is 0. The van der Waals surface area contributed by atoms with Crippen LogP contribution in [0, 0.1) is 0 Å². The van der Waals surface area contributed by atoms with Crippen molar-refractivity contribution in [3.8, 4) is 0 Å². The molecule has 0 saturated carbocycles. The van der Waals surface area contributed by atoms with Crippen LogP contribution in [0.2, 0.25) is 5.15 Å². The van der Waals surface area contributed by atoms with Crippen molar-refractivity contribution in [2.75, 3.05) is 5.75 Å². The quantitative estimate of drug-likeness (QED) is 0.793.